The molecular weight excluding hydrogens is 366 g/mol. The van der Waals surface area contributed by atoms with Crippen LogP contribution in [0.2, 0.25) is 0 Å². The van der Waals surface area contributed by atoms with Gasteiger partial charge in [-0.15, -0.1) is 5.10 Å². The first-order valence-corrected chi connectivity index (χ1v) is 9.22. The number of methoxy groups -OCH3 is 1. The first-order chi connectivity index (χ1) is 13.3. The van der Waals surface area contributed by atoms with Crippen molar-refractivity contribution in [3.05, 3.63) is 36.9 Å². The maximum Gasteiger partial charge on any atom is 0.214 e. The SMILES string of the molecule is COc1ccccc1-n1nnnc1SCCCn1cnc2c(N)ncnc21. The van der Waals surface area contributed by atoms with E-state index in [1.807, 2.05) is 28.8 Å². The van der Waals surface area contributed by atoms with Gasteiger partial charge in [0.05, 0.1) is 13.4 Å². The molecule has 3 aromatic heterocycles. The van der Waals surface area contributed by atoms with Gasteiger partial charge in [0, 0.05) is 12.3 Å². The molecule has 0 amide bonds. The molecule has 2 N–H and O–H groups in total. The molecule has 0 saturated carbocycles. The Hall–Kier alpha value is -3.21. The van der Waals surface area contributed by atoms with Crippen LogP contribution in [0.4, 0.5) is 5.82 Å². The number of imidazole rings is 1. The number of ether oxygens (including phenoxy) is 1. The monoisotopic (exact) mass is 383 g/mol. The van der Waals surface area contributed by atoms with Gasteiger partial charge in [-0.3, -0.25) is 0 Å². The Bertz CT molecular complexity index is 1060. The van der Waals surface area contributed by atoms with E-state index in [1.54, 1.807) is 29.9 Å². The lowest BCUT2D eigenvalue weighted by molar-refractivity contribution is 0.410. The van der Waals surface area contributed by atoms with E-state index < -0.39 is 0 Å². The summed E-state index contributed by atoms with van der Waals surface area (Å²) in [5.74, 6) is 1.94. The van der Waals surface area contributed by atoms with Crippen LogP contribution in [-0.2, 0) is 6.54 Å². The third kappa shape index (κ3) is 3.40. The molecule has 1 aromatic carbocycles. The van der Waals surface area contributed by atoms with E-state index in [2.05, 4.69) is 30.5 Å². The van der Waals surface area contributed by atoms with E-state index in [9.17, 15) is 0 Å². The Morgan fingerprint density at radius 2 is 2.07 bits per heavy atom. The summed E-state index contributed by atoms with van der Waals surface area (Å²) in [6.07, 6.45) is 4.07. The maximum absolute atomic E-state index is 5.82. The van der Waals surface area contributed by atoms with Crippen LogP contribution in [0.5, 0.6) is 5.75 Å². The van der Waals surface area contributed by atoms with Crippen molar-refractivity contribution in [1.29, 1.82) is 0 Å². The number of nitrogens with zero attached hydrogens (tertiary/aromatic N) is 8. The molecule has 4 rings (SSSR count). The third-order valence-electron chi connectivity index (χ3n) is 3.96. The Morgan fingerprint density at radius 1 is 1.19 bits per heavy atom. The third-order valence-corrected chi connectivity index (χ3v) is 4.96. The summed E-state index contributed by atoms with van der Waals surface area (Å²) in [4.78, 5) is 12.5. The number of tetrazole rings is 1. The van der Waals surface area contributed by atoms with E-state index in [0.717, 1.165) is 30.1 Å². The Balaban J connectivity index is 1.42. The molecule has 0 unspecified atom stereocenters. The van der Waals surface area contributed by atoms with E-state index in [4.69, 9.17) is 10.5 Å². The minimum absolute atomic E-state index is 0.393. The number of para-hydroxylation sites is 2. The van der Waals surface area contributed by atoms with Crippen LogP contribution in [0.3, 0.4) is 0 Å². The number of nitrogen functional groups attached to an aromatic ring is 1. The van der Waals surface area contributed by atoms with Crippen molar-refractivity contribution in [3.63, 3.8) is 0 Å². The van der Waals surface area contributed by atoms with Crippen LogP contribution in [0.15, 0.2) is 42.1 Å². The highest BCUT2D eigenvalue weighted by Crippen LogP contribution is 2.26. The lowest BCUT2D eigenvalue weighted by atomic mass is 10.3. The molecule has 0 atom stereocenters. The molecule has 0 fully saturated rings. The van der Waals surface area contributed by atoms with Crippen LogP contribution in [-0.4, -0.2) is 52.6 Å². The summed E-state index contributed by atoms with van der Waals surface area (Å²) in [5, 5.41) is 12.7. The van der Waals surface area contributed by atoms with E-state index in [1.165, 1.54) is 6.33 Å². The lowest BCUT2D eigenvalue weighted by Crippen LogP contribution is -2.03. The molecule has 0 aliphatic heterocycles. The first-order valence-electron chi connectivity index (χ1n) is 8.24. The second kappa shape index (κ2) is 7.58. The largest absolute Gasteiger partial charge is 0.494 e. The predicted molar refractivity (Wildman–Crippen MR) is 101 cm³/mol. The summed E-state index contributed by atoms with van der Waals surface area (Å²) in [6, 6.07) is 7.63. The molecule has 0 bridgehead atoms. The number of nitrogens with two attached hydrogens (primary N) is 1. The molecule has 0 radical (unpaired) electrons. The molecule has 138 valence electrons. The van der Waals surface area contributed by atoms with E-state index >= 15 is 0 Å². The van der Waals surface area contributed by atoms with Crippen LogP contribution >= 0.6 is 11.8 Å². The summed E-state index contributed by atoms with van der Waals surface area (Å²) >= 11 is 1.58. The molecule has 0 saturated heterocycles. The van der Waals surface area contributed by atoms with E-state index in [-0.39, 0.29) is 0 Å². The maximum atomic E-state index is 5.82. The molecule has 0 aliphatic rings. The highest BCUT2D eigenvalue weighted by Gasteiger charge is 2.13. The summed E-state index contributed by atoms with van der Waals surface area (Å²) in [5.41, 5.74) is 8.00. The fourth-order valence-corrected chi connectivity index (χ4v) is 3.49. The van der Waals surface area contributed by atoms with Crippen molar-refractivity contribution in [2.45, 2.75) is 18.1 Å². The van der Waals surface area contributed by atoms with Crippen LogP contribution in [0.1, 0.15) is 6.42 Å². The number of aryl methyl sites for hydroxylation is 1. The van der Waals surface area contributed by atoms with Crippen LogP contribution in [0.25, 0.3) is 16.9 Å². The number of aromatic nitrogens is 8. The number of hydrogen-bond donors (Lipinski definition) is 1. The van der Waals surface area contributed by atoms with Crippen LogP contribution < -0.4 is 10.5 Å². The Labute approximate surface area is 158 Å². The number of benzene rings is 1. The predicted octanol–water partition coefficient (Wildman–Crippen LogP) is 1.58. The zero-order valence-corrected chi connectivity index (χ0v) is 15.4. The highest BCUT2D eigenvalue weighted by atomic mass is 32.2. The summed E-state index contributed by atoms with van der Waals surface area (Å²) < 4.78 is 9.05. The smallest absolute Gasteiger partial charge is 0.214 e. The second-order valence-corrected chi connectivity index (χ2v) is 6.68. The van der Waals surface area contributed by atoms with Gasteiger partial charge in [-0.05, 0) is 29.0 Å². The van der Waals surface area contributed by atoms with Gasteiger partial charge >= 0.3 is 0 Å². The normalized spacial score (nSPS) is 11.1. The quantitative estimate of drug-likeness (QED) is 0.374. The average Bonchev–Trinajstić information content (AvgIpc) is 3.33. The zero-order chi connectivity index (χ0) is 18.6. The van der Waals surface area contributed by atoms with Crippen molar-refractivity contribution < 1.29 is 4.74 Å². The fourth-order valence-electron chi connectivity index (χ4n) is 2.69. The topological polar surface area (TPSA) is 122 Å². The molecule has 0 spiro atoms. The van der Waals surface area contributed by atoms with Gasteiger partial charge in [-0.2, -0.15) is 4.68 Å². The van der Waals surface area contributed by atoms with Gasteiger partial charge in [0.2, 0.25) is 5.16 Å². The van der Waals surface area contributed by atoms with Crippen molar-refractivity contribution in [1.82, 2.24) is 39.7 Å². The van der Waals surface area contributed by atoms with Crippen LogP contribution in [0, 0.1) is 0 Å². The fraction of sp³-hybridized carbons (Fsp3) is 0.250. The standard InChI is InChI=1S/C16H17N9OS/c1-26-12-6-3-2-5-11(12)25-16(21-22-23-25)27-8-4-7-24-10-20-13-14(17)18-9-19-15(13)24/h2-3,5-6,9-10H,4,7-8H2,1H3,(H2,17,18,19). The van der Waals surface area contributed by atoms with Gasteiger partial charge in [0.15, 0.2) is 11.5 Å². The minimum atomic E-state index is 0.393. The Kier molecular flexibility index (Phi) is 4.83. The van der Waals surface area contributed by atoms with Crippen molar-refractivity contribution in [2.75, 3.05) is 18.6 Å². The van der Waals surface area contributed by atoms with E-state index in [0.29, 0.717) is 22.2 Å². The molecule has 10 nitrogen and oxygen atoms in total. The van der Waals surface area contributed by atoms with Crippen molar-refractivity contribution in [3.8, 4) is 11.4 Å². The molecule has 4 aromatic rings. The van der Waals surface area contributed by atoms with Gasteiger partial charge in [0.25, 0.3) is 0 Å². The molecular formula is C16H17N9OS. The number of thioether (sulfide) groups is 1. The van der Waals surface area contributed by atoms with Gasteiger partial charge in [0.1, 0.15) is 23.3 Å². The second-order valence-electron chi connectivity index (χ2n) is 5.62. The zero-order valence-electron chi connectivity index (χ0n) is 14.6. The molecule has 0 aliphatic carbocycles. The summed E-state index contributed by atoms with van der Waals surface area (Å²) in [7, 11) is 1.63. The van der Waals surface area contributed by atoms with Gasteiger partial charge in [-0.1, -0.05) is 23.9 Å². The molecule has 27 heavy (non-hydrogen) atoms. The highest BCUT2D eigenvalue weighted by molar-refractivity contribution is 7.99. The molecule has 11 heteroatoms. The lowest BCUT2D eigenvalue weighted by Gasteiger charge is -2.09. The van der Waals surface area contributed by atoms with Gasteiger partial charge in [-0.25, -0.2) is 15.0 Å². The number of hydrogen-bond acceptors (Lipinski definition) is 9. The van der Waals surface area contributed by atoms with Crippen molar-refractivity contribution >= 4 is 28.7 Å². The number of rotatable bonds is 7. The number of anilines is 1. The average molecular weight is 383 g/mol. The van der Waals surface area contributed by atoms with Crippen molar-refractivity contribution in [2.24, 2.45) is 0 Å². The molecule has 3 heterocycles. The first kappa shape index (κ1) is 17.2. The number of fused-ring (bicyclic) bond motifs is 1. The Morgan fingerprint density at radius 3 is 2.96 bits per heavy atom. The van der Waals surface area contributed by atoms with Gasteiger partial charge < -0.3 is 15.0 Å². The minimum Gasteiger partial charge on any atom is -0.494 e. The summed E-state index contributed by atoms with van der Waals surface area (Å²) in [6.45, 7) is 0.760.